The van der Waals surface area contributed by atoms with E-state index in [1.807, 2.05) is 60.7 Å². The molecule has 0 fully saturated rings. The van der Waals surface area contributed by atoms with Gasteiger partial charge >= 0.3 is 11.9 Å². The SMILES string of the molecule is O=C(OCc1ccccc1)C(=CCCCCCN1C(=O)c2ccccc2C1=O)C(=O)OCc1ccccc1. The number of hydrogen-bond donors (Lipinski definition) is 0. The summed E-state index contributed by atoms with van der Waals surface area (Å²) in [5, 5.41) is 0. The van der Waals surface area contributed by atoms with Gasteiger partial charge < -0.3 is 9.47 Å². The Labute approximate surface area is 221 Å². The van der Waals surface area contributed by atoms with Gasteiger partial charge in [-0.2, -0.15) is 0 Å². The molecule has 0 N–H and O–H groups in total. The molecule has 0 aromatic heterocycles. The Bertz CT molecular complexity index is 1220. The highest BCUT2D eigenvalue weighted by Crippen LogP contribution is 2.23. The lowest BCUT2D eigenvalue weighted by molar-refractivity contribution is -0.148. The van der Waals surface area contributed by atoms with Crippen molar-refractivity contribution in [3.8, 4) is 0 Å². The van der Waals surface area contributed by atoms with Gasteiger partial charge in [0.15, 0.2) is 0 Å². The summed E-state index contributed by atoms with van der Waals surface area (Å²) in [6, 6.07) is 25.2. The number of hydrogen-bond acceptors (Lipinski definition) is 6. The number of esters is 2. The molecule has 0 radical (unpaired) electrons. The Morgan fingerprint density at radius 3 is 1.61 bits per heavy atom. The van der Waals surface area contributed by atoms with Crippen molar-refractivity contribution in [2.24, 2.45) is 0 Å². The second-order valence-electron chi connectivity index (χ2n) is 8.90. The Hall–Kier alpha value is -4.52. The molecule has 194 valence electrons. The first kappa shape index (κ1) is 26.5. The summed E-state index contributed by atoms with van der Waals surface area (Å²) in [4.78, 5) is 51.8. The minimum absolute atomic E-state index is 0.0449. The molecule has 0 atom stereocenters. The molecule has 1 aliphatic heterocycles. The van der Waals surface area contributed by atoms with Crippen LogP contribution in [0, 0.1) is 0 Å². The van der Waals surface area contributed by atoms with Crippen molar-refractivity contribution < 1.29 is 28.7 Å². The quantitative estimate of drug-likeness (QED) is 0.0823. The molecule has 0 saturated heterocycles. The molecule has 7 heteroatoms. The fraction of sp³-hybridized carbons (Fsp3) is 0.226. The summed E-state index contributed by atoms with van der Waals surface area (Å²) in [5.41, 5.74) is 2.36. The van der Waals surface area contributed by atoms with E-state index in [2.05, 4.69) is 0 Å². The number of carbonyl (C=O) groups is 4. The zero-order chi connectivity index (χ0) is 26.7. The number of unbranched alkanes of at least 4 members (excludes halogenated alkanes) is 3. The normalized spacial score (nSPS) is 12.2. The standard InChI is InChI=1S/C31H29NO6/c33-28-25-17-10-11-18-26(25)29(34)32(28)20-12-2-1-9-19-27(30(35)37-21-23-13-5-3-6-14-23)31(36)38-22-24-15-7-4-8-16-24/h3-8,10-11,13-19H,1-2,9,12,20-22H2. The summed E-state index contributed by atoms with van der Waals surface area (Å²) in [7, 11) is 0. The van der Waals surface area contributed by atoms with Gasteiger partial charge in [-0.3, -0.25) is 14.5 Å². The molecule has 1 aliphatic rings. The third-order valence-electron chi connectivity index (χ3n) is 6.18. The van der Waals surface area contributed by atoms with Gasteiger partial charge in [0.1, 0.15) is 18.8 Å². The van der Waals surface area contributed by atoms with Crippen molar-refractivity contribution in [1.29, 1.82) is 0 Å². The van der Waals surface area contributed by atoms with Crippen LogP contribution >= 0.6 is 0 Å². The van der Waals surface area contributed by atoms with Crippen molar-refractivity contribution in [1.82, 2.24) is 4.90 Å². The van der Waals surface area contributed by atoms with Gasteiger partial charge in [-0.1, -0.05) is 85.3 Å². The molecular weight excluding hydrogens is 482 g/mol. The molecule has 38 heavy (non-hydrogen) atoms. The van der Waals surface area contributed by atoms with Gasteiger partial charge in [-0.25, -0.2) is 9.59 Å². The summed E-state index contributed by atoms with van der Waals surface area (Å²) in [5.74, 6) is -2.01. The van der Waals surface area contributed by atoms with E-state index in [1.54, 1.807) is 30.3 Å². The maximum atomic E-state index is 12.8. The summed E-state index contributed by atoms with van der Waals surface area (Å²) >= 11 is 0. The molecular formula is C31H29NO6. The molecule has 0 aliphatic carbocycles. The zero-order valence-corrected chi connectivity index (χ0v) is 21.0. The van der Waals surface area contributed by atoms with E-state index in [4.69, 9.17) is 9.47 Å². The van der Waals surface area contributed by atoms with E-state index >= 15 is 0 Å². The van der Waals surface area contributed by atoms with Crippen molar-refractivity contribution in [3.63, 3.8) is 0 Å². The topological polar surface area (TPSA) is 90.0 Å². The van der Waals surface area contributed by atoms with E-state index in [0.717, 1.165) is 11.1 Å². The van der Waals surface area contributed by atoms with Gasteiger partial charge in [-0.15, -0.1) is 0 Å². The number of carbonyl (C=O) groups excluding carboxylic acids is 4. The second-order valence-corrected chi connectivity index (χ2v) is 8.90. The summed E-state index contributed by atoms with van der Waals surface area (Å²) in [6.07, 6.45) is 3.96. The molecule has 0 bridgehead atoms. The Morgan fingerprint density at radius 1 is 0.632 bits per heavy atom. The minimum Gasteiger partial charge on any atom is -0.457 e. The first-order chi connectivity index (χ1) is 18.5. The predicted octanol–water partition coefficient (Wildman–Crippen LogP) is 5.26. The average molecular weight is 512 g/mol. The monoisotopic (exact) mass is 511 g/mol. The molecule has 3 aromatic rings. The number of nitrogens with zero attached hydrogens (tertiary/aromatic N) is 1. The molecule has 0 spiro atoms. The molecule has 0 saturated carbocycles. The maximum absolute atomic E-state index is 12.8. The highest BCUT2D eigenvalue weighted by molar-refractivity contribution is 6.21. The Kier molecular flexibility index (Phi) is 9.18. The van der Waals surface area contributed by atoms with Crippen LogP contribution in [0.4, 0.5) is 0 Å². The lowest BCUT2D eigenvalue weighted by Crippen LogP contribution is -2.30. The Balaban J connectivity index is 1.30. The van der Waals surface area contributed by atoms with Crippen LogP contribution in [-0.2, 0) is 32.3 Å². The number of amides is 2. The van der Waals surface area contributed by atoms with E-state index in [-0.39, 0.29) is 30.6 Å². The minimum atomic E-state index is -0.738. The molecule has 2 amide bonds. The summed E-state index contributed by atoms with van der Waals surface area (Å²) in [6.45, 7) is 0.410. The number of ether oxygens (including phenoxy) is 2. The second kappa shape index (κ2) is 13.1. The van der Waals surface area contributed by atoms with Gasteiger partial charge in [0.25, 0.3) is 11.8 Å². The number of fused-ring (bicyclic) bond motifs is 1. The first-order valence-electron chi connectivity index (χ1n) is 12.6. The van der Waals surface area contributed by atoms with Crippen LogP contribution in [0.25, 0.3) is 0 Å². The van der Waals surface area contributed by atoms with Gasteiger partial charge in [0.05, 0.1) is 11.1 Å². The van der Waals surface area contributed by atoms with Gasteiger partial charge in [0.2, 0.25) is 0 Å². The number of rotatable bonds is 12. The van der Waals surface area contributed by atoms with Crippen molar-refractivity contribution in [3.05, 3.63) is 119 Å². The smallest absolute Gasteiger partial charge is 0.345 e. The third-order valence-corrected chi connectivity index (χ3v) is 6.18. The van der Waals surface area contributed by atoms with Crippen molar-refractivity contribution in [2.75, 3.05) is 6.54 Å². The molecule has 4 rings (SSSR count). The zero-order valence-electron chi connectivity index (χ0n) is 21.0. The lowest BCUT2D eigenvalue weighted by atomic mass is 10.1. The van der Waals surface area contributed by atoms with Crippen LogP contribution in [-0.4, -0.2) is 35.2 Å². The Morgan fingerprint density at radius 2 is 1.11 bits per heavy atom. The number of allylic oxidation sites excluding steroid dienone is 1. The van der Waals surface area contributed by atoms with Crippen molar-refractivity contribution in [2.45, 2.75) is 38.9 Å². The number of benzene rings is 3. The molecule has 1 heterocycles. The van der Waals surface area contributed by atoms with Crippen LogP contribution < -0.4 is 0 Å². The number of imide groups is 1. The third kappa shape index (κ3) is 6.82. The lowest BCUT2D eigenvalue weighted by Gasteiger charge is -2.13. The fourth-order valence-electron chi connectivity index (χ4n) is 4.13. The molecule has 0 unspecified atom stereocenters. The van der Waals surface area contributed by atoms with Crippen LogP contribution in [0.1, 0.15) is 57.5 Å². The molecule has 3 aromatic carbocycles. The largest absolute Gasteiger partial charge is 0.457 e. The van der Waals surface area contributed by atoms with E-state index in [0.29, 0.717) is 43.4 Å². The predicted molar refractivity (Wildman–Crippen MR) is 141 cm³/mol. The van der Waals surface area contributed by atoms with Crippen molar-refractivity contribution >= 4 is 23.8 Å². The van der Waals surface area contributed by atoms with Crippen LogP contribution in [0.3, 0.4) is 0 Å². The first-order valence-corrected chi connectivity index (χ1v) is 12.6. The van der Waals surface area contributed by atoms with E-state index in [1.165, 1.54) is 4.90 Å². The van der Waals surface area contributed by atoms with Gasteiger partial charge in [0, 0.05) is 6.54 Å². The van der Waals surface area contributed by atoms with E-state index in [9.17, 15) is 19.2 Å². The average Bonchev–Trinajstić information content (AvgIpc) is 3.20. The highest BCUT2D eigenvalue weighted by atomic mass is 16.6. The fourth-order valence-corrected chi connectivity index (χ4v) is 4.13. The van der Waals surface area contributed by atoms with Crippen LogP contribution in [0.2, 0.25) is 0 Å². The highest BCUT2D eigenvalue weighted by Gasteiger charge is 2.34. The molecule has 7 nitrogen and oxygen atoms in total. The van der Waals surface area contributed by atoms with Gasteiger partial charge in [-0.05, 0) is 42.5 Å². The summed E-state index contributed by atoms with van der Waals surface area (Å²) < 4.78 is 10.7. The van der Waals surface area contributed by atoms with E-state index < -0.39 is 11.9 Å². The maximum Gasteiger partial charge on any atom is 0.345 e. The van der Waals surface area contributed by atoms with Crippen LogP contribution in [0.15, 0.2) is 96.6 Å². The van der Waals surface area contributed by atoms with Crippen LogP contribution in [0.5, 0.6) is 0 Å².